The number of hydrogen-bond acceptors (Lipinski definition) is 5. The Morgan fingerprint density at radius 1 is 1.36 bits per heavy atom. The number of rotatable bonds is 6. The second-order valence-corrected chi connectivity index (χ2v) is 4.34. The lowest BCUT2D eigenvalue weighted by molar-refractivity contribution is 0.396. The van der Waals surface area contributed by atoms with E-state index >= 15 is 0 Å². The van der Waals surface area contributed by atoms with Crippen LogP contribution >= 0.6 is 11.5 Å². The summed E-state index contributed by atoms with van der Waals surface area (Å²) >= 11 is 1.43. The molecular formula is C9H18N4S. The third-order valence-electron chi connectivity index (χ3n) is 1.84. The van der Waals surface area contributed by atoms with Crippen molar-refractivity contribution in [1.29, 1.82) is 0 Å². The van der Waals surface area contributed by atoms with E-state index in [0.29, 0.717) is 0 Å². The molecule has 14 heavy (non-hydrogen) atoms. The first-order valence-electron chi connectivity index (χ1n) is 4.87. The lowest BCUT2D eigenvalue weighted by Crippen LogP contribution is -2.14. The molecule has 5 heteroatoms. The van der Waals surface area contributed by atoms with Crippen LogP contribution in [-0.2, 0) is 0 Å². The van der Waals surface area contributed by atoms with Gasteiger partial charge in [-0.1, -0.05) is 0 Å². The normalized spacial score (nSPS) is 10.9. The number of anilines is 1. The van der Waals surface area contributed by atoms with Crippen molar-refractivity contribution in [3.63, 3.8) is 0 Å². The molecule has 80 valence electrons. The maximum absolute atomic E-state index is 4.23. The molecule has 0 unspecified atom stereocenters. The van der Waals surface area contributed by atoms with E-state index in [4.69, 9.17) is 0 Å². The molecule has 0 aliphatic heterocycles. The third-order valence-corrected chi connectivity index (χ3v) is 2.60. The van der Waals surface area contributed by atoms with E-state index in [2.05, 4.69) is 33.7 Å². The molecule has 0 radical (unpaired) electrons. The van der Waals surface area contributed by atoms with Gasteiger partial charge in [0.05, 0.1) is 0 Å². The minimum Gasteiger partial charge on any atom is -0.360 e. The second-order valence-electron chi connectivity index (χ2n) is 3.58. The van der Waals surface area contributed by atoms with Gasteiger partial charge in [-0.25, -0.2) is 4.98 Å². The molecule has 0 bridgehead atoms. The first-order valence-corrected chi connectivity index (χ1v) is 5.65. The maximum Gasteiger partial charge on any atom is 0.202 e. The summed E-state index contributed by atoms with van der Waals surface area (Å²) in [6, 6.07) is 0. The monoisotopic (exact) mass is 214 g/mol. The third kappa shape index (κ3) is 4.53. The fourth-order valence-corrected chi connectivity index (χ4v) is 1.72. The predicted octanol–water partition coefficient (Wildman–Crippen LogP) is 1.60. The van der Waals surface area contributed by atoms with E-state index < -0.39 is 0 Å². The first-order chi connectivity index (χ1) is 6.68. The zero-order valence-electron chi connectivity index (χ0n) is 9.08. The van der Waals surface area contributed by atoms with E-state index in [1.165, 1.54) is 24.4 Å². The SMILES string of the molecule is Cc1nsc(NCCCCN(C)C)n1. The van der Waals surface area contributed by atoms with Crippen molar-refractivity contribution in [2.24, 2.45) is 0 Å². The van der Waals surface area contributed by atoms with E-state index in [1.54, 1.807) is 0 Å². The summed E-state index contributed by atoms with van der Waals surface area (Å²) < 4.78 is 4.10. The number of hydrogen-bond donors (Lipinski definition) is 1. The van der Waals surface area contributed by atoms with Crippen molar-refractivity contribution < 1.29 is 0 Å². The minimum absolute atomic E-state index is 0.853. The zero-order chi connectivity index (χ0) is 10.4. The van der Waals surface area contributed by atoms with Crippen LogP contribution in [0.15, 0.2) is 0 Å². The summed E-state index contributed by atoms with van der Waals surface area (Å²) in [4.78, 5) is 6.43. The summed E-state index contributed by atoms with van der Waals surface area (Å²) in [6.07, 6.45) is 2.40. The van der Waals surface area contributed by atoms with Gasteiger partial charge in [0.2, 0.25) is 5.13 Å². The largest absolute Gasteiger partial charge is 0.360 e. The van der Waals surface area contributed by atoms with Crippen LogP contribution in [0.25, 0.3) is 0 Å². The van der Waals surface area contributed by atoms with E-state index in [-0.39, 0.29) is 0 Å². The van der Waals surface area contributed by atoms with Gasteiger partial charge in [0.1, 0.15) is 5.82 Å². The molecule has 1 aromatic rings. The number of aromatic nitrogens is 2. The molecule has 0 atom stereocenters. The van der Waals surface area contributed by atoms with E-state index in [9.17, 15) is 0 Å². The van der Waals surface area contributed by atoms with Crippen LogP contribution in [-0.4, -0.2) is 41.4 Å². The molecule has 0 spiro atoms. The highest BCUT2D eigenvalue weighted by molar-refractivity contribution is 7.09. The fourth-order valence-electron chi connectivity index (χ4n) is 1.12. The Morgan fingerprint density at radius 3 is 2.71 bits per heavy atom. The highest BCUT2D eigenvalue weighted by atomic mass is 32.1. The maximum atomic E-state index is 4.23. The van der Waals surface area contributed by atoms with Gasteiger partial charge < -0.3 is 10.2 Å². The van der Waals surface area contributed by atoms with Crippen molar-refractivity contribution in [2.75, 3.05) is 32.5 Å². The van der Waals surface area contributed by atoms with Gasteiger partial charge in [-0.2, -0.15) is 4.37 Å². The van der Waals surface area contributed by atoms with Crippen LogP contribution in [0.5, 0.6) is 0 Å². The molecule has 1 aromatic heterocycles. The summed E-state index contributed by atoms with van der Waals surface area (Å²) in [6.45, 7) is 4.05. The van der Waals surface area contributed by atoms with Gasteiger partial charge in [-0.3, -0.25) is 0 Å². The number of nitrogens with zero attached hydrogens (tertiary/aromatic N) is 3. The molecule has 4 nitrogen and oxygen atoms in total. The summed E-state index contributed by atoms with van der Waals surface area (Å²) in [5, 5.41) is 4.20. The first kappa shape index (κ1) is 11.4. The average Bonchev–Trinajstić information content (AvgIpc) is 2.50. The van der Waals surface area contributed by atoms with Gasteiger partial charge in [0.15, 0.2) is 0 Å². The van der Waals surface area contributed by atoms with Crippen LogP contribution < -0.4 is 5.32 Å². The highest BCUT2D eigenvalue weighted by Crippen LogP contribution is 2.09. The molecule has 0 aliphatic carbocycles. The number of aryl methyl sites for hydroxylation is 1. The summed E-state index contributed by atoms with van der Waals surface area (Å²) in [7, 11) is 4.20. The predicted molar refractivity (Wildman–Crippen MR) is 60.9 cm³/mol. The van der Waals surface area contributed by atoms with Gasteiger partial charge in [-0.05, 0) is 40.4 Å². The Balaban J connectivity index is 2.04. The highest BCUT2D eigenvalue weighted by Gasteiger charge is 1.97. The van der Waals surface area contributed by atoms with Crippen LogP contribution in [0, 0.1) is 6.92 Å². The summed E-state index contributed by atoms with van der Waals surface area (Å²) in [5.74, 6) is 0.853. The van der Waals surface area contributed by atoms with Crippen molar-refractivity contribution in [3.05, 3.63) is 5.82 Å². The molecule has 1 N–H and O–H groups in total. The molecule has 0 amide bonds. The lowest BCUT2D eigenvalue weighted by atomic mass is 10.3. The van der Waals surface area contributed by atoms with Crippen LogP contribution in [0.3, 0.4) is 0 Å². The molecule has 0 saturated carbocycles. The van der Waals surface area contributed by atoms with Gasteiger partial charge >= 0.3 is 0 Å². The Kier molecular flexibility index (Phi) is 4.82. The quantitative estimate of drug-likeness (QED) is 0.730. The zero-order valence-corrected chi connectivity index (χ0v) is 9.89. The van der Waals surface area contributed by atoms with Gasteiger partial charge in [-0.15, -0.1) is 0 Å². The summed E-state index contributed by atoms with van der Waals surface area (Å²) in [5.41, 5.74) is 0. The number of nitrogens with one attached hydrogen (secondary N) is 1. The Labute approximate surface area is 89.5 Å². The molecule has 1 heterocycles. The Bertz CT molecular complexity index is 259. The fraction of sp³-hybridized carbons (Fsp3) is 0.778. The number of unbranched alkanes of at least 4 members (excludes halogenated alkanes) is 1. The van der Waals surface area contributed by atoms with Crippen molar-refractivity contribution in [1.82, 2.24) is 14.3 Å². The molecule has 0 aromatic carbocycles. The van der Waals surface area contributed by atoms with Gasteiger partial charge in [0.25, 0.3) is 0 Å². The minimum atomic E-state index is 0.853. The van der Waals surface area contributed by atoms with Crippen molar-refractivity contribution >= 4 is 16.7 Å². The standard InChI is InChI=1S/C9H18N4S/c1-8-11-9(14-12-8)10-6-4-5-7-13(2)3/h4-7H2,1-3H3,(H,10,11,12). The lowest BCUT2D eigenvalue weighted by Gasteiger charge is -2.08. The molecular weight excluding hydrogens is 196 g/mol. The topological polar surface area (TPSA) is 41.1 Å². The molecule has 1 rings (SSSR count). The van der Waals surface area contributed by atoms with E-state index in [1.807, 2.05) is 6.92 Å². The molecule has 0 aliphatic rings. The van der Waals surface area contributed by atoms with E-state index in [0.717, 1.165) is 24.0 Å². The van der Waals surface area contributed by atoms with Crippen molar-refractivity contribution in [2.45, 2.75) is 19.8 Å². The van der Waals surface area contributed by atoms with Crippen LogP contribution in [0.2, 0.25) is 0 Å². The second kappa shape index (κ2) is 5.93. The van der Waals surface area contributed by atoms with Crippen molar-refractivity contribution in [3.8, 4) is 0 Å². The average molecular weight is 214 g/mol. The Morgan fingerprint density at radius 2 is 2.14 bits per heavy atom. The smallest absolute Gasteiger partial charge is 0.202 e. The molecule has 0 fully saturated rings. The van der Waals surface area contributed by atoms with Crippen LogP contribution in [0.4, 0.5) is 5.13 Å². The van der Waals surface area contributed by atoms with Gasteiger partial charge in [0, 0.05) is 18.1 Å². The molecule has 0 saturated heterocycles. The van der Waals surface area contributed by atoms with Crippen LogP contribution in [0.1, 0.15) is 18.7 Å². The Hall–Kier alpha value is -0.680.